The summed E-state index contributed by atoms with van der Waals surface area (Å²) in [5, 5.41) is 6.23. The normalized spacial score (nSPS) is 12.3. The Hall–Kier alpha value is -2.64. The summed E-state index contributed by atoms with van der Waals surface area (Å²) in [6.45, 7) is 2.11. The molecule has 1 atom stereocenters. The third kappa shape index (κ3) is 3.72. The summed E-state index contributed by atoms with van der Waals surface area (Å²) < 4.78 is 1.52. The van der Waals surface area contributed by atoms with Crippen LogP contribution in [-0.4, -0.2) is 33.5 Å². The fraction of sp³-hybridized carbons (Fsp3) is 0.235. The number of aromatic amines is 1. The lowest BCUT2D eigenvalue weighted by Gasteiger charge is -2.10. The molecule has 0 aliphatic carbocycles. The Morgan fingerprint density at radius 3 is 2.68 bits per heavy atom. The second-order valence-corrected chi connectivity index (χ2v) is 6.15. The number of benzene rings is 1. The number of anilines is 1. The molecule has 130 valence electrons. The maximum Gasteiger partial charge on any atom is 0.327 e. The van der Waals surface area contributed by atoms with Gasteiger partial charge in [-0.05, 0) is 43.8 Å². The van der Waals surface area contributed by atoms with Gasteiger partial charge in [-0.3, -0.25) is 9.36 Å². The molecule has 0 saturated carbocycles. The van der Waals surface area contributed by atoms with E-state index in [2.05, 4.69) is 20.6 Å². The average molecular weight is 360 g/mol. The number of amides is 1. The molecule has 0 bridgehead atoms. The quantitative estimate of drug-likeness (QED) is 0.649. The predicted octanol–water partition coefficient (Wildman–Crippen LogP) is 1.97. The summed E-state index contributed by atoms with van der Waals surface area (Å²) in [6, 6.07) is 10.3. The van der Waals surface area contributed by atoms with Crippen LogP contribution < -0.4 is 16.3 Å². The van der Waals surface area contributed by atoms with Crippen molar-refractivity contribution in [2.45, 2.75) is 19.5 Å². The lowest BCUT2D eigenvalue weighted by atomic mass is 10.2. The molecule has 3 aromatic rings. The molecule has 3 rings (SSSR count). The van der Waals surface area contributed by atoms with E-state index in [1.165, 1.54) is 4.57 Å². The number of hydrogen-bond acceptors (Lipinski definition) is 4. The zero-order chi connectivity index (χ0) is 18.0. The molecule has 7 nitrogen and oxygen atoms in total. The Bertz CT molecular complexity index is 961. The van der Waals surface area contributed by atoms with Crippen LogP contribution in [0.3, 0.4) is 0 Å². The van der Waals surface area contributed by atoms with Crippen LogP contribution in [0, 0.1) is 0 Å². The van der Waals surface area contributed by atoms with Crippen molar-refractivity contribution in [1.29, 1.82) is 0 Å². The highest BCUT2D eigenvalue weighted by Crippen LogP contribution is 2.15. The third-order valence-electron chi connectivity index (χ3n) is 3.95. The lowest BCUT2D eigenvalue weighted by molar-refractivity contribution is -0.117. The number of fused-ring (bicyclic) bond motifs is 1. The monoisotopic (exact) mass is 359 g/mol. The molecule has 0 spiro atoms. The van der Waals surface area contributed by atoms with Gasteiger partial charge in [-0.2, -0.15) is 0 Å². The first-order chi connectivity index (χ1) is 12.0. The number of carbonyl (C=O) groups is 1. The molecule has 1 amide bonds. The third-order valence-corrected chi connectivity index (χ3v) is 4.20. The number of nitrogens with one attached hydrogen (secondary N) is 3. The van der Waals surface area contributed by atoms with Gasteiger partial charge in [0, 0.05) is 5.02 Å². The molecule has 0 aliphatic heterocycles. The van der Waals surface area contributed by atoms with Crippen molar-refractivity contribution in [3.8, 4) is 0 Å². The van der Waals surface area contributed by atoms with E-state index in [0.29, 0.717) is 28.5 Å². The van der Waals surface area contributed by atoms with Crippen molar-refractivity contribution in [3.05, 3.63) is 57.5 Å². The highest BCUT2D eigenvalue weighted by atomic mass is 35.5. The van der Waals surface area contributed by atoms with Crippen LogP contribution in [0.5, 0.6) is 0 Å². The fourth-order valence-electron chi connectivity index (χ4n) is 2.38. The van der Waals surface area contributed by atoms with Crippen molar-refractivity contribution in [1.82, 2.24) is 19.9 Å². The molecule has 3 N–H and O–H groups in total. The summed E-state index contributed by atoms with van der Waals surface area (Å²) in [6.07, 6.45) is 0. The van der Waals surface area contributed by atoms with E-state index in [-0.39, 0.29) is 17.6 Å². The number of halogens is 1. The maximum absolute atomic E-state index is 12.2. The van der Waals surface area contributed by atoms with Gasteiger partial charge in [-0.1, -0.05) is 23.7 Å². The summed E-state index contributed by atoms with van der Waals surface area (Å²) in [4.78, 5) is 31.4. The number of pyridine rings is 1. The number of nitrogens with zero attached hydrogens (tertiary/aromatic N) is 2. The predicted molar refractivity (Wildman–Crippen MR) is 98.1 cm³/mol. The Labute approximate surface area is 149 Å². The van der Waals surface area contributed by atoms with Crippen LogP contribution in [0.4, 0.5) is 5.82 Å². The van der Waals surface area contributed by atoms with E-state index in [1.807, 2.05) is 12.1 Å². The first kappa shape index (κ1) is 17.2. The lowest BCUT2D eigenvalue weighted by Crippen LogP contribution is -2.35. The van der Waals surface area contributed by atoms with E-state index in [9.17, 15) is 9.59 Å². The smallest absolute Gasteiger partial charge is 0.309 e. The largest absolute Gasteiger partial charge is 0.327 e. The van der Waals surface area contributed by atoms with Gasteiger partial charge in [0.2, 0.25) is 5.91 Å². The SMILES string of the molecule is CNC(C)C(=O)Nc1ccc2[nH]c(=O)n(Cc3ccc(Cl)cc3)c2n1. The first-order valence-electron chi connectivity index (χ1n) is 7.80. The van der Waals surface area contributed by atoms with Crippen LogP contribution >= 0.6 is 11.6 Å². The molecule has 0 saturated heterocycles. The summed E-state index contributed by atoms with van der Waals surface area (Å²) in [7, 11) is 1.71. The Morgan fingerprint density at radius 2 is 2.00 bits per heavy atom. The first-order valence-corrected chi connectivity index (χ1v) is 8.18. The second-order valence-electron chi connectivity index (χ2n) is 5.71. The van der Waals surface area contributed by atoms with Crippen molar-refractivity contribution >= 4 is 34.5 Å². The Balaban J connectivity index is 1.94. The Kier molecular flexibility index (Phi) is 4.87. The van der Waals surface area contributed by atoms with Crippen molar-refractivity contribution in [2.75, 3.05) is 12.4 Å². The van der Waals surface area contributed by atoms with Gasteiger partial charge in [-0.15, -0.1) is 0 Å². The van der Waals surface area contributed by atoms with Gasteiger partial charge < -0.3 is 15.6 Å². The molecule has 2 aromatic heterocycles. The number of rotatable bonds is 5. The van der Waals surface area contributed by atoms with Gasteiger partial charge in [-0.25, -0.2) is 9.78 Å². The zero-order valence-electron chi connectivity index (χ0n) is 13.8. The topological polar surface area (TPSA) is 91.8 Å². The van der Waals surface area contributed by atoms with Gasteiger partial charge in [0.1, 0.15) is 5.82 Å². The average Bonchev–Trinajstić information content (AvgIpc) is 2.91. The number of H-pyrrole nitrogens is 1. The number of imidazole rings is 1. The zero-order valence-corrected chi connectivity index (χ0v) is 14.6. The highest BCUT2D eigenvalue weighted by molar-refractivity contribution is 6.30. The standard InChI is InChI=1S/C17H18ClN5O2/c1-10(19-2)16(24)22-14-8-7-13-15(21-14)23(17(25)20-13)9-11-3-5-12(18)6-4-11/h3-8,10,19H,9H2,1-2H3,(H,20,25)(H,21,22,24). The molecule has 8 heteroatoms. The number of aromatic nitrogens is 3. The van der Waals surface area contributed by atoms with E-state index in [0.717, 1.165) is 5.56 Å². The van der Waals surface area contributed by atoms with Crippen LogP contribution in [0.25, 0.3) is 11.2 Å². The minimum atomic E-state index is -0.347. The van der Waals surface area contributed by atoms with Gasteiger partial charge in [0.25, 0.3) is 0 Å². The van der Waals surface area contributed by atoms with E-state index >= 15 is 0 Å². The molecule has 2 heterocycles. The van der Waals surface area contributed by atoms with Crippen LogP contribution in [-0.2, 0) is 11.3 Å². The summed E-state index contributed by atoms with van der Waals surface area (Å²) >= 11 is 5.89. The van der Waals surface area contributed by atoms with Gasteiger partial charge >= 0.3 is 5.69 Å². The molecule has 0 aliphatic rings. The minimum absolute atomic E-state index is 0.198. The molecular weight excluding hydrogens is 342 g/mol. The maximum atomic E-state index is 12.2. The van der Waals surface area contributed by atoms with Crippen molar-refractivity contribution in [3.63, 3.8) is 0 Å². The molecular formula is C17H18ClN5O2. The number of likely N-dealkylation sites (N-methyl/N-ethyl adjacent to an activating group) is 1. The molecule has 1 unspecified atom stereocenters. The number of carbonyl (C=O) groups excluding carboxylic acids is 1. The van der Waals surface area contributed by atoms with E-state index in [1.54, 1.807) is 38.2 Å². The summed E-state index contributed by atoms with van der Waals surface area (Å²) in [5.41, 5.74) is 1.76. The molecule has 0 fully saturated rings. The Morgan fingerprint density at radius 1 is 1.28 bits per heavy atom. The minimum Gasteiger partial charge on any atom is -0.309 e. The summed E-state index contributed by atoms with van der Waals surface area (Å²) in [5.74, 6) is 0.194. The molecule has 1 aromatic carbocycles. The highest BCUT2D eigenvalue weighted by Gasteiger charge is 2.13. The van der Waals surface area contributed by atoms with E-state index in [4.69, 9.17) is 11.6 Å². The van der Waals surface area contributed by atoms with Crippen LogP contribution in [0.2, 0.25) is 5.02 Å². The van der Waals surface area contributed by atoms with Gasteiger partial charge in [0.05, 0.1) is 18.1 Å². The molecule has 25 heavy (non-hydrogen) atoms. The van der Waals surface area contributed by atoms with Gasteiger partial charge in [0.15, 0.2) is 5.65 Å². The number of hydrogen-bond donors (Lipinski definition) is 3. The van der Waals surface area contributed by atoms with Crippen molar-refractivity contribution < 1.29 is 4.79 Å². The van der Waals surface area contributed by atoms with E-state index < -0.39 is 0 Å². The van der Waals surface area contributed by atoms with Crippen molar-refractivity contribution in [2.24, 2.45) is 0 Å². The fourth-order valence-corrected chi connectivity index (χ4v) is 2.51. The second kappa shape index (κ2) is 7.08. The van der Waals surface area contributed by atoms with Crippen LogP contribution in [0.1, 0.15) is 12.5 Å². The van der Waals surface area contributed by atoms with Crippen LogP contribution in [0.15, 0.2) is 41.2 Å². The molecule has 0 radical (unpaired) electrons.